The molecule has 0 bridgehead atoms. The third-order valence-electron chi connectivity index (χ3n) is 2.06. The molecule has 19 heavy (non-hydrogen) atoms. The van der Waals surface area contributed by atoms with Crippen LogP contribution in [0.2, 0.25) is 0 Å². The lowest BCUT2D eigenvalue weighted by atomic mass is 10.1. The number of nitrogens with zero attached hydrogens (tertiary/aromatic N) is 3. The average molecular weight is 265 g/mol. The van der Waals surface area contributed by atoms with Crippen LogP contribution in [0.5, 0.6) is 0 Å². The van der Waals surface area contributed by atoms with E-state index in [4.69, 9.17) is 5.53 Å². The van der Waals surface area contributed by atoms with Crippen molar-refractivity contribution in [1.29, 1.82) is 0 Å². The van der Waals surface area contributed by atoms with Gasteiger partial charge in [-0.25, -0.2) is 13.6 Å². The van der Waals surface area contributed by atoms with Crippen molar-refractivity contribution in [3.05, 3.63) is 45.3 Å². The van der Waals surface area contributed by atoms with E-state index in [1.54, 1.807) is 0 Å². The Morgan fingerprint density at radius 3 is 2.63 bits per heavy atom. The SMILES string of the molecule is COC(=O)c1c(F)cc(C#CCCN=[N+]=[N-])cc1F. The molecule has 0 unspecified atom stereocenters. The van der Waals surface area contributed by atoms with Gasteiger partial charge in [-0.2, -0.15) is 0 Å². The highest BCUT2D eigenvalue weighted by molar-refractivity contribution is 5.90. The molecule has 0 atom stereocenters. The zero-order valence-corrected chi connectivity index (χ0v) is 9.98. The van der Waals surface area contributed by atoms with Gasteiger partial charge in [-0.1, -0.05) is 17.0 Å². The Morgan fingerprint density at radius 2 is 2.11 bits per heavy atom. The van der Waals surface area contributed by atoms with Crippen LogP contribution >= 0.6 is 0 Å². The Labute approximate surface area is 107 Å². The monoisotopic (exact) mass is 265 g/mol. The molecule has 0 spiro atoms. The smallest absolute Gasteiger partial charge is 0.343 e. The Balaban J connectivity index is 2.95. The Bertz CT molecular complexity index is 576. The van der Waals surface area contributed by atoms with Gasteiger partial charge >= 0.3 is 5.97 Å². The molecule has 0 N–H and O–H groups in total. The minimum absolute atomic E-state index is 0.0867. The first-order valence-corrected chi connectivity index (χ1v) is 5.17. The van der Waals surface area contributed by atoms with Crippen molar-refractivity contribution in [2.75, 3.05) is 13.7 Å². The lowest BCUT2D eigenvalue weighted by Gasteiger charge is -2.03. The van der Waals surface area contributed by atoms with Gasteiger partial charge in [-0.15, -0.1) is 0 Å². The van der Waals surface area contributed by atoms with E-state index in [0.717, 1.165) is 19.2 Å². The van der Waals surface area contributed by atoms with E-state index in [0.29, 0.717) is 0 Å². The number of rotatable bonds is 3. The molecule has 0 aromatic heterocycles. The molecule has 1 rings (SSSR count). The standard InChI is InChI=1S/C12H9F2N3O2/c1-19-12(18)11-9(13)6-8(7-10(11)14)4-2-3-5-16-17-15/h6-7H,3,5H2,1H3. The van der Waals surface area contributed by atoms with E-state index in [-0.39, 0.29) is 18.5 Å². The quantitative estimate of drug-likeness (QED) is 0.210. The molecule has 0 radical (unpaired) electrons. The van der Waals surface area contributed by atoms with Crippen LogP contribution < -0.4 is 0 Å². The number of hydrogen-bond acceptors (Lipinski definition) is 3. The average Bonchev–Trinajstić information content (AvgIpc) is 2.37. The number of carbonyl (C=O) groups is 1. The molecule has 5 nitrogen and oxygen atoms in total. The van der Waals surface area contributed by atoms with Gasteiger partial charge in [-0.3, -0.25) is 0 Å². The van der Waals surface area contributed by atoms with Gasteiger partial charge in [-0.05, 0) is 17.7 Å². The number of halogens is 2. The highest BCUT2D eigenvalue weighted by atomic mass is 19.1. The molecule has 1 aromatic carbocycles. The summed E-state index contributed by atoms with van der Waals surface area (Å²) in [6, 6.07) is 1.88. The van der Waals surface area contributed by atoms with Crippen LogP contribution in [0.15, 0.2) is 17.2 Å². The zero-order chi connectivity index (χ0) is 14.3. The summed E-state index contributed by atoms with van der Waals surface area (Å²) < 4.78 is 31.3. The van der Waals surface area contributed by atoms with Crippen molar-refractivity contribution < 1.29 is 18.3 Å². The summed E-state index contributed by atoms with van der Waals surface area (Å²) in [5, 5.41) is 3.26. The minimum Gasteiger partial charge on any atom is -0.465 e. The molecule has 7 heteroatoms. The van der Waals surface area contributed by atoms with Crippen molar-refractivity contribution >= 4 is 5.97 Å². The Morgan fingerprint density at radius 1 is 1.47 bits per heavy atom. The van der Waals surface area contributed by atoms with Crippen LogP contribution in [0.3, 0.4) is 0 Å². The third-order valence-corrected chi connectivity index (χ3v) is 2.06. The summed E-state index contributed by atoms with van der Waals surface area (Å²) in [6.07, 6.45) is 0.270. The molecule has 0 aliphatic carbocycles. The van der Waals surface area contributed by atoms with Crippen LogP contribution in [0.4, 0.5) is 8.78 Å². The van der Waals surface area contributed by atoms with E-state index in [1.807, 2.05) is 0 Å². The van der Waals surface area contributed by atoms with Crippen molar-refractivity contribution in [2.24, 2.45) is 5.11 Å². The molecular weight excluding hydrogens is 256 g/mol. The van der Waals surface area contributed by atoms with E-state index in [9.17, 15) is 13.6 Å². The van der Waals surface area contributed by atoms with Gasteiger partial charge in [0.05, 0.1) is 7.11 Å². The fourth-order valence-electron chi connectivity index (χ4n) is 1.26. The van der Waals surface area contributed by atoms with Crippen LogP contribution in [0, 0.1) is 23.5 Å². The lowest BCUT2D eigenvalue weighted by molar-refractivity contribution is 0.0590. The number of hydrogen-bond donors (Lipinski definition) is 0. The second-order valence-electron chi connectivity index (χ2n) is 3.31. The number of azide groups is 1. The van der Waals surface area contributed by atoms with Crippen molar-refractivity contribution in [1.82, 2.24) is 0 Å². The second kappa shape index (κ2) is 6.99. The molecule has 0 heterocycles. The summed E-state index contributed by atoms with van der Waals surface area (Å²) in [5.74, 6) is 1.94. The highest BCUT2D eigenvalue weighted by Crippen LogP contribution is 2.16. The van der Waals surface area contributed by atoms with Crippen molar-refractivity contribution in [3.63, 3.8) is 0 Å². The van der Waals surface area contributed by atoms with Gasteiger partial charge in [0.2, 0.25) is 0 Å². The molecule has 0 aliphatic rings. The van der Waals surface area contributed by atoms with Crippen molar-refractivity contribution in [3.8, 4) is 11.8 Å². The largest absolute Gasteiger partial charge is 0.465 e. The molecule has 0 saturated heterocycles. The number of benzene rings is 1. The van der Waals surface area contributed by atoms with Crippen molar-refractivity contribution in [2.45, 2.75) is 6.42 Å². The fourth-order valence-corrected chi connectivity index (χ4v) is 1.26. The highest BCUT2D eigenvalue weighted by Gasteiger charge is 2.18. The number of methoxy groups -OCH3 is 1. The zero-order valence-electron chi connectivity index (χ0n) is 9.98. The molecule has 1 aromatic rings. The van der Waals surface area contributed by atoms with E-state index in [1.165, 1.54) is 0 Å². The van der Waals surface area contributed by atoms with E-state index >= 15 is 0 Å². The Hall–Kier alpha value is -2.58. The number of esters is 1. The molecular formula is C12H9F2N3O2. The van der Waals surface area contributed by atoms with Gasteiger partial charge in [0.25, 0.3) is 0 Å². The number of carbonyl (C=O) groups excluding carboxylic acids is 1. The van der Waals surface area contributed by atoms with Crippen LogP contribution in [-0.2, 0) is 4.74 Å². The second-order valence-corrected chi connectivity index (χ2v) is 3.31. The summed E-state index contributed by atoms with van der Waals surface area (Å²) >= 11 is 0. The first kappa shape index (κ1) is 14.5. The summed E-state index contributed by atoms with van der Waals surface area (Å²) in [6.45, 7) is 0.175. The Kier molecular flexibility index (Phi) is 5.33. The fraction of sp³-hybridized carbons (Fsp3) is 0.250. The summed E-state index contributed by atoms with van der Waals surface area (Å²) in [5.41, 5.74) is 7.37. The molecule has 0 amide bonds. The first-order valence-electron chi connectivity index (χ1n) is 5.17. The minimum atomic E-state index is -1.09. The predicted octanol–water partition coefficient (Wildman–Crippen LogP) is 2.80. The molecule has 0 fully saturated rings. The molecule has 98 valence electrons. The van der Waals surface area contributed by atoms with Gasteiger partial charge < -0.3 is 4.74 Å². The maximum absolute atomic E-state index is 13.5. The van der Waals surface area contributed by atoms with Gasteiger partial charge in [0, 0.05) is 23.4 Å². The van der Waals surface area contributed by atoms with Crippen LogP contribution in [0.25, 0.3) is 10.4 Å². The molecule has 0 saturated carbocycles. The normalized spacial score (nSPS) is 9.00. The number of ether oxygens (including phenoxy) is 1. The maximum Gasteiger partial charge on any atom is 0.343 e. The topological polar surface area (TPSA) is 75.1 Å². The maximum atomic E-state index is 13.5. The summed E-state index contributed by atoms with van der Waals surface area (Å²) in [4.78, 5) is 13.6. The van der Waals surface area contributed by atoms with Gasteiger partial charge in [0.1, 0.15) is 17.2 Å². The first-order chi connectivity index (χ1) is 9.10. The predicted molar refractivity (Wildman–Crippen MR) is 63.2 cm³/mol. The van der Waals surface area contributed by atoms with Gasteiger partial charge in [0.15, 0.2) is 0 Å². The van der Waals surface area contributed by atoms with E-state index < -0.39 is 23.2 Å². The summed E-state index contributed by atoms with van der Waals surface area (Å²) in [7, 11) is 1.03. The van der Waals surface area contributed by atoms with Crippen LogP contribution in [0.1, 0.15) is 22.3 Å². The third kappa shape index (κ3) is 3.98. The molecule has 0 aliphatic heterocycles. The van der Waals surface area contributed by atoms with E-state index in [2.05, 4.69) is 26.6 Å². The lowest BCUT2D eigenvalue weighted by Crippen LogP contribution is -2.08. The van der Waals surface area contributed by atoms with Crippen LogP contribution in [-0.4, -0.2) is 19.6 Å².